The molecule has 0 bridgehead atoms. The third-order valence-electron chi connectivity index (χ3n) is 2.58. The van der Waals surface area contributed by atoms with Crippen LogP contribution in [0.3, 0.4) is 0 Å². The van der Waals surface area contributed by atoms with Crippen LogP contribution in [-0.4, -0.2) is 18.3 Å². The molecular formula is C11H13ClO2. The lowest BCUT2D eigenvalue weighted by Gasteiger charge is -2.04. The Morgan fingerprint density at radius 2 is 2.00 bits per heavy atom. The molecule has 0 aromatic heterocycles. The van der Waals surface area contributed by atoms with Crippen LogP contribution in [0.5, 0.6) is 5.75 Å². The summed E-state index contributed by atoms with van der Waals surface area (Å²) >= 11 is 5.74. The van der Waals surface area contributed by atoms with Crippen LogP contribution >= 0.6 is 11.6 Å². The maximum absolute atomic E-state index is 8.84. The molecule has 1 aromatic rings. The van der Waals surface area contributed by atoms with Crippen molar-refractivity contribution in [3.63, 3.8) is 0 Å². The van der Waals surface area contributed by atoms with Gasteiger partial charge in [0, 0.05) is 11.6 Å². The average molecular weight is 213 g/mol. The van der Waals surface area contributed by atoms with Crippen molar-refractivity contribution < 1.29 is 9.84 Å². The fourth-order valence-electron chi connectivity index (χ4n) is 1.47. The first-order valence-electron chi connectivity index (χ1n) is 4.79. The molecule has 1 saturated carbocycles. The highest BCUT2D eigenvalue weighted by Crippen LogP contribution is 2.38. The number of halogens is 1. The topological polar surface area (TPSA) is 29.5 Å². The first-order valence-corrected chi connectivity index (χ1v) is 5.16. The van der Waals surface area contributed by atoms with Gasteiger partial charge in [-0.15, -0.1) is 0 Å². The second kappa shape index (κ2) is 4.20. The number of rotatable bonds is 4. The van der Waals surface area contributed by atoms with Crippen molar-refractivity contribution in [1.82, 2.24) is 0 Å². The van der Waals surface area contributed by atoms with Crippen molar-refractivity contribution in [2.75, 3.05) is 13.2 Å². The lowest BCUT2D eigenvalue weighted by Crippen LogP contribution is -2.02. The summed E-state index contributed by atoms with van der Waals surface area (Å²) in [4.78, 5) is 0. The Balaban J connectivity index is 1.78. The smallest absolute Gasteiger partial charge is 0.119 e. The first-order chi connectivity index (χ1) is 6.79. The van der Waals surface area contributed by atoms with Crippen LogP contribution in [0, 0.1) is 11.8 Å². The van der Waals surface area contributed by atoms with E-state index in [2.05, 4.69) is 0 Å². The molecule has 1 aliphatic carbocycles. The number of hydrogen-bond donors (Lipinski definition) is 1. The summed E-state index contributed by atoms with van der Waals surface area (Å²) in [6.45, 7) is 0.988. The number of ether oxygens (including phenoxy) is 1. The summed E-state index contributed by atoms with van der Waals surface area (Å²) in [5, 5.41) is 9.56. The van der Waals surface area contributed by atoms with E-state index in [0.29, 0.717) is 18.4 Å². The molecule has 2 nitrogen and oxygen atoms in total. The minimum absolute atomic E-state index is 0.286. The van der Waals surface area contributed by atoms with E-state index in [0.717, 1.165) is 17.2 Å². The van der Waals surface area contributed by atoms with Gasteiger partial charge < -0.3 is 9.84 Å². The van der Waals surface area contributed by atoms with E-state index in [-0.39, 0.29) is 6.61 Å². The van der Waals surface area contributed by atoms with Gasteiger partial charge in [-0.3, -0.25) is 0 Å². The van der Waals surface area contributed by atoms with Crippen LogP contribution in [0.2, 0.25) is 5.02 Å². The van der Waals surface area contributed by atoms with Crippen LogP contribution in [0.1, 0.15) is 6.42 Å². The molecule has 0 saturated heterocycles. The normalized spacial score (nSPS) is 24.7. The third kappa shape index (κ3) is 2.40. The summed E-state index contributed by atoms with van der Waals surface area (Å²) in [7, 11) is 0. The molecule has 0 spiro atoms. The molecule has 1 fully saturated rings. The number of aliphatic hydroxyl groups excluding tert-OH is 1. The van der Waals surface area contributed by atoms with Crippen molar-refractivity contribution in [2.24, 2.45) is 11.8 Å². The molecule has 2 atom stereocenters. The Bertz CT molecular complexity index is 297. The molecule has 0 aliphatic heterocycles. The zero-order valence-electron chi connectivity index (χ0n) is 7.82. The molecule has 2 rings (SSSR count). The average Bonchev–Trinajstić information content (AvgIpc) is 2.96. The summed E-state index contributed by atoms with van der Waals surface area (Å²) in [5.41, 5.74) is 0. The Kier molecular flexibility index (Phi) is 2.94. The molecule has 2 unspecified atom stereocenters. The molecule has 0 amide bonds. The second-order valence-electron chi connectivity index (χ2n) is 3.70. The fourth-order valence-corrected chi connectivity index (χ4v) is 1.60. The van der Waals surface area contributed by atoms with Crippen LogP contribution in [0.4, 0.5) is 0 Å². The molecule has 1 aromatic carbocycles. The molecule has 0 heterocycles. The van der Waals surface area contributed by atoms with E-state index in [1.165, 1.54) is 0 Å². The molecule has 0 radical (unpaired) electrons. The number of aliphatic hydroxyl groups is 1. The molecule has 1 N–H and O–H groups in total. The van der Waals surface area contributed by atoms with Crippen molar-refractivity contribution in [3.05, 3.63) is 29.3 Å². The lowest BCUT2D eigenvalue weighted by atomic mass is 10.3. The van der Waals surface area contributed by atoms with Gasteiger partial charge in [-0.2, -0.15) is 0 Å². The van der Waals surface area contributed by atoms with E-state index >= 15 is 0 Å². The Morgan fingerprint density at radius 1 is 1.29 bits per heavy atom. The summed E-state index contributed by atoms with van der Waals surface area (Å²) < 4.78 is 5.55. The van der Waals surface area contributed by atoms with E-state index in [4.69, 9.17) is 21.4 Å². The highest BCUT2D eigenvalue weighted by molar-refractivity contribution is 6.30. The minimum Gasteiger partial charge on any atom is -0.493 e. The van der Waals surface area contributed by atoms with Crippen LogP contribution in [0.15, 0.2) is 24.3 Å². The van der Waals surface area contributed by atoms with Gasteiger partial charge in [0.2, 0.25) is 0 Å². The standard InChI is InChI=1S/C11H13ClO2/c12-10-1-3-11(4-2-10)14-7-9-5-8(9)6-13/h1-4,8-9,13H,5-7H2. The zero-order chi connectivity index (χ0) is 9.97. The maximum Gasteiger partial charge on any atom is 0.119 e. The summed E-state index contributed by atoms with van der Waals surface area (Å²) in [5.74, 6) is 1.84. The van der Waals surface area contributed by atoms with E-state index in [9.17, 15) is 0 Å². The highest BCUT2D eigenvalue weighted by Gasteiger charge is 2.36. The molecular weight excluding hydrogens is 200 g/mol. The van der Waals surface area contributed by atoms with Gasteiger partial charge in [-0.05, 0) is 42.5 Å². The molecule has 14 heavy (non-hydrogen) atoms. The third-order valence-corrected chi connectivity index (χ3v) is 2.83. The monoisotopic (exact) mass is 212 g/mol. The Morgan fingerprint density at radius 3 is 2.57 bits per heavy atom. The largest absolute Gasteiger partial charge is 0.493 e. The predicted molar refractivity (Wildman–Crippen MR) is 55.6 cm³/mol. The van der Waals surface area contributed by atoms with Gasteiger partial charge in [0.05, 0.1) is 6.61 Å². The second-order valence-corrected chi connectivity index (χ2v) is 4.14. The van der Waals surface area contributed by atoms with E-state index in [1.54, 1.807) is 0 Å². The molecule has 1 aliphatic rings. The number of hydrogen-bond acceptors (Lipinski definition) is 2. The van der Waals surface area contributed by atoms with Crippen molar-refractivity contribution in [3.8, 4) is 5.75 Å². The minimum atomic E-state index is 0.286. The van der Waals surface area contributed by atoms with Crippen molar-refractivity contribution in [2.45, 2.75) is 6.42 Å². The Labute approximate surface area is 88.5 Å². The predicted octanol–water partition coefficient (Wildman–Crippen LogP) is 2.35. The van der Waals surface area contributed by atoms with Gasteiger partial charge in [0.15, 0.2) is 0 Å². The van der Waals surface area contributed by atoms with Gasteiger partial charge in [-0.1, -0.05) is 11.6 Å². The van der Waals surface area contributed by atoms with Gasteiger partial charge in [-0.25, -0.2) is 0 Å². The van der Waals surface area contributed by atoms with Crippen LogP contribution < -0.4 is 4.74 Å². The summed E-state index contributed by atoms with van der Waals surface area (Å²) in [6, 6.07) is 7.35. The van der Waals surface area contributed by atoms with Crippen LogP contribution in [0.25, 0.3) is 0 Å². The zero-order valence-corrected chi connectivity index (χ0v) is 8.57. The Hall–Kier alpha value is -0.730. The van der Waals surface area contributed by atoms with Crippen LogP contribution in [-0.2, 0) is 0 Å². The SMILES string of the molecule is OCC1CC1COc1ccc(Cl)cc1. The quantitative estimate of drug-likeness (QED) is 0.830. The van der Waals surface area contributed by atoms with Gasteiger partial charge in [0.1, 0.15) is 5.75 Å². The first kappa shape index (κ1) is 9.81. The van der Waals surface area contributed by atoms with Crippen molar-refractivity contribution >= 4 is 11.6 Å². The molecule has 76 valence electrons. The maximum atomic E-state index is 8.84. The number of benzene rings is 1. The van der Waals surface area contributed by atoms with Gasteiger partial charge >= 0.3 is 0 Å². The highest BCUT2D eigenvalue weighted by atomic mass is 35.5. The molecule has 3 heteroatoms. The van der Waals surface area contributed by atoms with E-state index in [1.807, 2.05) is 24.3 Å². The van der Waals surface area contributed by atoms with Gasteiger partial charge in [0.25, 0.3) is 0 Å². The van der Waals surface area contributed by atoms with E-state index < -0.39 is 0 Å². The fraction of sp³-hybridized carbons (Fsp3) is 0.455. The summed E-state index contributed by atoms with van der Waals surface area (Å²) in [6.07, 6.45) is 1.09. The lowest BCUT2D eigenvalue weighted by molar-refractivity contribution is 0.243. The van der Waals surface area contributed by atoms with Crippen molar-refractivity contribution in [1.29, 1.82) is 0 Å².